The summed E-state index contributed by atoms with van der Waals surface area (Å²) in [5.74, 6) is 2.83. The van der Waals surface area contributed by atoms with Gasteiger partial charge in [0.2, 0.25) is 0 Å². The molecule has 0 aromatic heterocycles. The van der Waals surface area contributed by atoms with Gasteiger partial charge in [-0.05, 0) is 110 Å². The van der Waals surface area contributed by atoms with Gasteiger partial charge in [-0.3, -0.25) is 0 Å². The quantitative estimate of drug-likeness (QED) is 0.447. The maximum absolute atomic E-state index is 10.8. The van der Waals surface area contributed by atoms with Gasteiger partial charge in [0.25, 0.3) is 0 Å². The average molecular weight is 414 g/mol. The minimum Gasteiger partial charge on any atom is -0.393 e. The van der Waals surface area contributed by atoms with Crippen molar-refractivity contribution in [2.24, 2.45) is 51.1 Å². The minimum absolute atomic E-state index is 0.0399. The van der Waals surface area contributed by atoms with Crippen LogP contribution >= 0.6 is 0 Å². The molecule has 0 aromatic carbocycles. The van der Waals surface area contributed by atoms with Gasteiger partial charge in [-0.25, -0.2) is 0 Å². The molecule has 0 amide bonds. The van der Waals surface area contributed by atoms with E-state index in [-0.39, 0.29) is 17.1 Å². The first-order valence-corrected chi connectivity index (χ1v) is 13.0. The molecule has 3 N–H and O–H groups in total. The molecule has 0 spiro atoms. The molecule has 5 rings (SSSR count). The lowest BCUT2D eigenvalue weighted by Crippen LogP contribution is -2.64. The largest absolute Gasteiger partial charge is 0.393 e. The van der Waals surface area contributed by atoms with Crippen molar-refractivity contribution in [3.8, 4) is 0 Å². The van der Waals surface area contributed by atoms with Crippen molar-refractivity contribution in [2.45, 2.75) is 117 Å². The molecule has 30 heavy (non-hydrogen) atoms. The molecule has 0 aliphatic heterocycles. The first-order chi connectivity index (χ1) is 13.8. The summed E-state index contributed by atoms with van der Waals surface area (Å²) >= 11 is 0. The van der Waals surface area contributed by atoms with Crippen LogP contribution in [-0.2, 0) is 0 Å². The second kappa shape index (κ2) is 6.37. The predicted molar refractivity (Wildman–Crippen MR) is 125 cm³/mol. The summed E-state index contributed by atoms with van der Waals surface area (Å²) in [5, 5.41) is 10.8. The lowest BCUT2D eigenvalue weighted by molar-refractivity contribution is -0.157. The molecule has 170 valence electrons. The molecule has 8 unspecified atom stereocenters. The van der Waals surface area contributed by atoms with Crippen LogP contribution in [0.3, 0.4) is 0 Å². The topological polar surface area (TPSA) is 46.2 Å². The molecule has 4 saturated carbocycles. The van der Waals surface area contributed by atoms with E-state index in [1.807, 2.05) is 0 Å². The molecular formula is C28H47NO. The van der Waals surface area contributed by atoms with E-state index in [0.717, 1.165) is 18.3 Å². The molecule has 0 heterocycles. The van der Waals surface area contributed by atoms with Crippen LogP contribution in [0.2, 0.25) is 0 Å². The summed E-state index contributed by atoms with van der Waals surface area (Å²) in [6.45, 7) is 14.9. The molecule has 0 radical (unpaired) electrons. The van der Waals surface area contributed by atoms with Crippen molar-refractivity contribution < 1.29 is 5.11 Å². The summed E-state index contributed by atoms with van der Waals surface area (Å²) in [7, 11) is 0. The SMILES string of the molecule is CC1(C)CCC2(N)CCC3(C)C(=CCC4C5CCC(O)C(C)(C)C5CCC43C)C2C1. The highest BCUT2D eigenvalue weighted by Crippen LogP contribution is 2.71. The van der Waals surface area contributed by atoms with Gasteiger partial charge >= 0.3 is 0 Å². The highest BCUT2D eigenvalue weighted by atomic mass is 16.3. The van der Waals surface area contributed by atoms with E-state index in [1.54, 1.807) is 5.57 Å². The standard InChI is InChI=1S/C28H47NO/c1-24(2)13-15-28(29)16-14-27(6)21(22(28)17-24)9-8-20-18-7-10-23(30)25(3,4)19(18)11-12-26(20,27)5/h9,18-20,22-23,30H,7-8,10-17,29H2,1-6H3. The maximum Gasteiger partial charge on any atom is 0.0594 e. The number of hydrogen-bond acceptors (Lipinski definition) is 2. The second-order valence-electron chi connectivity index (χ2n) is 14.1. The van der Waals surface area contributed by atoms with E-state index in [2.05, 4.69) is 47.6 Å². The fourth-order valence-corrected chi connectivity index (χ4v) is 9.59. The van der Waals surface area contributed by atoms with Crippen LogP contribution in [0.5, 0.6) is 0 Å². The van der Waals surface area contributed by atoms with Crippen molar-refractivity contribution in [1.82, 2.24) is 0 Å². The third kappa shape index (κ3) is 2.68. The van der Waals surface area contributed by atoms with Crippen LogP contribution in [0.25, 0.3) is 0 Å². The van der Waals surface area contributed by atoms with Crippen LogP contribution in [-0.4, -0.2) is 16.7 Å². The number of fused-ring (bicyclic) bond motifs is 7. The Hall–Kier alpha value is -0.340. The van der Waals surface area contributed by atoms with Crippen molar-refractivity contribution in [3.63, 3.8) is 0 Å². The second-order valence-corrected chi connectivity index (χ2v) is 14.1. The Morgan fingerprint density at radius 1 is 0.867 bits per heavy atom. The summed E-state index contributed by atoms with van der Waals surface area (Å²) < 4.78 is 0. The lowest BCUT2D eigenvalue weighted by Gasteiger charge is -2.68. The zero-order valence-electron chi connectivity index (χ0n) is 20.6. The molecule has 0 bridgehead atoms. The molecule has 8 atom stereocenters. The van der Waals surface area contributed by atoms with Gasteiger partial charge in [0, 0.05) is 5.54 Å². The number of aliphatic hydroxyl groups excluding tert-OH is 1. The van der Waals surface area contributed by atoms with Crippen LogP contribution < -0.4 is 5.73 Å². The first-order valence-electron chi connectivity index (χ1n) is 13.0. The Balaban J connectivity index is 1.53. The zero-order valence-corrected chi connectivity index (χ0v) is 20.6. The van der Waals surface area contributed by atoms with Gasteiger partial charge in [-0.1, -0.05) is 53.2 Å². The summed E-state index contributed by atoms with van der Waals surface area (Å²) in [4.78, 5) is 0. The zero-order chi connectivity index (χ0) is 21.7. The van der Waals surface area contributed by atoms with Crippen LogP contribution in [0.1, 0.15) is 106 Å². The molecule has 2 heteroatoms. The van der Waals surface area contributed by atoms with E-state index in [1.165, 1.54) is 57.8 Å². The smallest absolute Gasteiger partial charge is 0.0594 e. The van der Waals surface area contributed by atoms with Gasteiger partial charge in [0.15, 0.2) is 0 Å². The Labute approximate surface area is 185 Å². The van der Waals surface area contributed by atoms with E-state index in [9.17, 15) is 5.11 Å². The van der Waals surface area contributed by atoms with E-state index >= 15 is 0 Å². The number of allylic oxidation sites excluding steroid dienone is 1. The molecule has 5 aliphatic rings. The van der Waals surface area contributed by atoms with E-state index in [4.69, 9.17) is 5.73 Å². The average Bonchev–Trinajstić information content (AvgIpc) is 2.66. The first kappa shape index (κ1) is 21.5. The molecule has 4 fully saturated rings. The molecule has 0 aromatic rings. The number of nitrogens with two attached hydrogens (primary N) is 1. The number of hydrogen-bond donors (Lipinski definition) is 2. The van der Waals surface area contributed by atoms with Gasteiger partial charge in [0.1, 0.15) is 0 Å². The van der Waals surface area contributed by atoms with Crippen molar-refractivity contribution in [1.29, 1.82) is 0 Å². The monoisotopic (exact) mass is 413 g/mol. The summed E-state index contributed by atoms with van der Waals surface area (Å²) in [6.07, 6.45) is 14.9. The molecule has 0 saturated heterocycles. The Morgan fingerprint density at radius 3 is 2.30 bits per heavy atom. The Bertz CT molecular complexity index is 752. The van der Waals surface area contributed by atoms with E-state index < -0.39 is 0 Å². The van der Waals surface area contributed by atoms with Crippen LogP contribution in [0.4, 0.5) is 0 Å². The number of aliphatic hydroxyl groups is 1. The summed E-state index contributed by atoms with van der Waals surface area (Å²) in [6, 6.07) is 0. The highest BCUT2D eigenvalue weighted by molar-refractivity contribution is 5.34. The molecule has 5 aliphatic carbocycles. The lowest BCUT2D eigenvalue weighted by atomic mass is 9.37. The highest BCUT2D eigenvalue weighted by Gasteiger charge is 2.64. The molecular weight excluding hydrogens is 366 g/mol. The summed E-state index contributed by atoms with van der Waals surface area (Å²) in [5.41, 5.74) is 10.1. The van der Waals surface area contributed by atoms with Crippen molar-refractivity contribution in [3.05, 3.63) is 11.6 Å². The Kier molecular flexibility index (Phi) is 4.57. The van der Waals surface area contributed by atoms with Gasteiger partial charge in [-0.2, -0.15) is 0 Å². The third-order valence-electron chi connectivity index (χ3n) is 12.1. The van der Waals surface area contributed by atoms with Crippen molar-refractivity contribution >= 4 is 0 Å². The fourth-order valence-electron chi connectivity index (χ4n) is 9.59. The maximum atomic E-state index is 10.8. The minimum atomic E-state index is -0.120. The van der Waals surface area contributed by atoms with Gasteiger partial charge < -0.3 is 10.8 Å². The third-order valence-corrected chi connectivity index (χ3v) is 12.1. The Morgan fingerprint density at radius 2 is 1.57 bits per heavy atom. The number of rotatable bonds is 0. The predicted octanol–water partition coefficient (Wildman–Crippen LogP) is 6.47. The van der Waals surface area contributed by atoms with Crippen LogP contribution in [0.15, 0.2) is 11.6 Å². The fraction of sp³-hybridized carbons (Fsp3) is 0.929. The van der Waals surface area contributed by atoms with Gasteiger partial charge in [-0.15, -0.1) is 0 Å². The van der Waals surface area contributed by atoms with E-state index in [0.29, 0.717) is 28.1 Å². The normalized spacial score (nSPS) is 54.1. The van der Waals surface area contributed by atoms with Crippen LogP contribution in [0, 0.1) is 45.3 Å². The molecule has 2 nitrogen and oxygen atoms in total. The van der Waals surface area contributed by atoms with Crippen molar-refractivity contribution in [2.75, 3.05) is 0 Å². The van der Waals surface area contributed by atoms with Gasteiger partial charge in [0.05, 0.1) is 6.10 Å².